The molecule has 0 fully saturated rings. The van der Waals surface area contributed by atoms with Crippen molar-refractivity contribution >= 4 is 31.7 Å². The van der Waals surface area contributed by atoms with Gasteiger partial charge in [0.15, 0.2) is 5.69 Å². The topological polar surface area (TPSA) is 144 Å². The summed E-state index contributed by atoms with van der Waals surface area (Å²) < 4.78 is 44.3. The number of sulfonamides is 1. The zero-order valence-electron chi connectivity index (χ0n) is 14.9. The average Bonchev–Trinajstić information content (AvgIpc) is 3.13. The smallest absolute Gasteiger partial charge is 0.211 e. The summed E-state index contributed by atoms with van der Waals surface area (Å²) in [6.07, 6.45) is 1.51. The van der Waals surface area contributed by atoms with E-state index in [-0.39, 0.29) is 36.7 Å². The lowest BCUT2D eigenvalue weighted by Gasteiger charge is -2.06. The number of halogens is 2. The minimum absolute atomic E-state index is 0.0296. The fourth-order valence-corrected chi connectivity index (χ4v) is 4.05. The van der Waals surface area contributed by atoms with Crippen LogP contribution in [0, 0.1) is 5.82 Å². The van der Waals surface area contributed by atoms with Gasteiger partial charge in [-0.25, -0.2) is 22.2 Å². The molecule has 0 aliphatic heterocycles. The van der Waals surface area contributed by atoms with Gasteiger partial charge in [-0.1, -0.05) is 16.4 Å². The van der Waals surface area contributed by atoms with Gasteiger partial charge in [0.2, 0.25) is 10.0 Å². The van der Waals surface area contributed by atoms with Crippen molar-refractivity contribution in [2.24, 2.45) is 10.9 Å². The highest BCUT2D eigenvalue weighted by Gasteiger charge is 2.18. The lowest BCUT2D eigenvalue weighted by atomic mass is 10.0. The van der Waals surface area contributed by atoms with Crippen molar-refractivity contribution in [2.45, 2.75) is 25.7 Å². The first-order valence-electron chi connectivity index (χ1n) is 8.50. The molecule has 0 atom stereocenters. The first-order valence-corrected chi connectivity index (χ1v) is 10.9. The maximum Gasteiger partial charge on any atom is 0.211 e. The number of aryl methyl sites for hydroxylation is 1. The molecule has 2 rings (SSSR count). The second kappa shape index (κ2) is 10.6. The number of aromatic nitrogens is 2. The highest BCUT2D eigenvalue weighted by atomic mass is 79.9. The number of rotatable bonds is 11. The molecule has 0 radical (unpaired) electrons. The number of nitrogens with one attached hydrogen (secondary N) is 1. The highest BCUT2D eigenvalue weighted by molar-refractivity contribution is 9.10. The standard InChI is InChI=1S/C16H21BrFN5O4S/c17-12-9-11(4-5-13(12)18)10-15(21-24)16-14(22-27-23-16)3-1-2-8-28(25,26)20-7-6-19/h4-5,9,20,24H,1-3,6-8,10,19H2/b21-15+. The van der Waals surface area contributed by atoms with Gasteiger partial charge >= 0.3 is 0 Å². The fraction of sp³-hybridized carbons (Fsp3) is 0.438. The van der Waals surface area contributed by atoms with Crippen molar-refractivity contribution in [2.75, 3.05) is 18.8 Å². The van der Waals surface area contributed by atoms with E-state index in [0.717, 1.165) is 0 Å². The van der Waals surface area contributed by atoms with Crippen LogP contribution in [0.5, 0.6) is 0 Å². The Bertz CT molecular complexity index is 920. The summed E-state index contributed by atoms with van der Waals surface area (Å²) in [6.45, 7) is 0.441. The Morgan fingerprint density at radius 3 is 2.82 bits per heavy atom. The number of benzene rings is 1. The van der Waals surface area contributed by atoms with E-state index in [1.54, 1.807) is 12.1 Å². The van der Waals surface area contributed by atoms with Crippen LogP contribution in [0.25, 0.3) is 0 Å². The van der Waals surface area contributed by atoms with E-state index in [0.29, 0.717) is 35.0 Å². The third-order valence-electron chi connectivity index (χ3n) is 3.85. The lowest BCUT2D eigenvalue weighted by molar-refractivity contribution is 0.300. The maximum atomic E-state index is 13.4. The predicted molar refractivity (Wildman–Crippen MR) is 104 cm³/mol. The van der Waals surface area contributed by atoms with E-state index in [1.807, 2.05) is 0 Å². The Hall–Kier alpha value is -1.89. The van der Waals surface area contributed by atoms with Gasteiger partial charge in [0.05, 0.1) is 10.2 Å². The van der Waals surface area contributed by atoms with E-state index in [1.165, 1.54) is 6.07 Å². The van der Waals surface area contributed by atoms with Crippen LogP contribution in [0.15, 0.2) is 32.5 Å². The van der Waals surface area contributed by atoms with Crippen LogP contribution >= 0.6 is 15.9 Å². The molecule has 4 N–H and O–H groups in total. The Morgan fingerprint density at radius 2 is 2.14 bits per heavy atom. The molecule has 0 spiro atoms. The minimum Gasteiger partial charge on any atom is -0.411 e. The highest BCUT2D eigenvalue weighted by Crippen LogP contribution is 2.19. The third-order valence-corrected chi connectivity index (χ3v) is 5.93. The molecule has 0 aliphatic rings. The second-order valence-electron chi connectivity index (χ2n) is 5.99. The van der Waals surface area contributed by atoms with Gasteiger partial charge in [-0.05, 0) is 58.0 Å². The van der Waals surface area contributed by atoms with Crippen LogP contribution in [0.3, 0.4) is 0 Å². The van der Waals surface area contributed by atoms with Crippen molar-refractivity contribution in [3.05, 3.63) is 45.4 Å². The van der Waals surface area contributed by atoms with Gasteiger partial charge < -0.3 is 10.9 Å². The van der Waals surface area contributed by atoms with Crippen LogP contribution in [-0.2, 0) is 22.9 Å². The van der Waals surface area contributed by atoms with Gasteiger partial charge in [0.1, 0.15) is 17.2 Å². The molecule has 1 heterocycles. The van der Waals surface area contributed by atoms with Crippen LogP contribution < -0.4 is 10.5 Å². The molecule has 0 bridgehead atoms. The number of oxime groups is 1. The first-order chi connectivity index (χ1) is 13.4. The summed E-state index contributed by atoms with van der Waals surface area (Å²) in [5.74, 6) is -0.427. The van der Waals surface area contributed by atoms with Gasteiger partial charge in [-0.3, -0.25) is 0 Å². The van der Waals surface area contributed by atoms with Gasteiger partial charge in [0.25, 0.3) is 0 Å². The summed E-state index contributed by atoms with van der Waals surface area (Å²) in [5, 5.41) is 20.2. The molecule has 0 unspecified atom stereocenters. The van der Waals surface area contributed by atoms with Crippen LogP contribution in [0.1, 0.15) is 29.8 Å². The maximum absolute atomic E-state index is 13.4. The minimum atomic E-state index is -3.35. The van der Waals surface area contributed by atoms with Gasteiger partial charge in [-0.15, -0.1) is 0 Å². The summed E-state index contributed by atoms with van der Waals surface area (Å²) in [6, 6.07) is 4.44. The van der Waals surface area contributed by atoms with Crippen molar-refractivity contribution in [3.8, 4) is 0 Å². The summed E-state index contributed by atoms with van der Waals surface area (Å²) in [4.78, 5) is 0. The lowest BCUT2D eigenvalue weighted by Crippen LogP contribution is -2.31. The predicted octanol–water partition coefficient (Wildman–Crippen LogP) is 1.59. The largest absolute Gasteiger partial charge is 0.411 e. The summed E-state index contributed by atoms with van der Waals surface area (Å²) in [5.41, 5.74) is 6.94. The molecule has 1 aromatic carbocycles. The van der Waals surface area contributed by atoms with Crippen molar-refractivity contribution in [1.82, 2.24) is 15.0 Å². The molecule has 0 saturated heterocycles. The quantitative estimate of drug-likeness (QED) is 0.193. The molecule has 0 aliphatic carbocycles. The second-order valence-corrected chi connectivity index (χ2v) is 8.77. The number of unbranched alkanes of at least 4 members (excludes halogenated alkanes) is 1. The molecule has 154 valence electrons. The van der Waals surface area contributed by atoms with Gasteiger partial charge in [-0.2, -0.15) is 0 Å². The molecule has 28 heavy (non-hydrogen) atoms. The fourth-order valence-electron chi connectivity index (χ4n) is 2.47. The SMILES string of the molecule is NCCNS(=O)(=O)CCCCc1nonc1/C(Cc1ccc(F)c(Br)c1)=N/O. The third kappa shape index (κ3) is 6.62. The number of nitrogens with two attached hydrogens (primary N) is 1. The summed E-state index contributed by atoms with van der Waals surface area (Å²) in [7, 11) is -3.35. The number of nitrogens with zero attached hydrogens (tertiary/aromatic N) is 3. The number of hydrogen-bond donors (Lipinski definition) is 3. The monoisotopic (exact) mass is 477 g/mol. The van der Waals surface area contributed by atoms with E-state index in [9.17, 15) is 18.0 Å². The van der Waals surface area contributed by atoms with E-state index in [2.05, 4.69) is 36.1 Å². The molecule has 1 aromatic heterocycles. The first kappa shape index (κ1) is 22.4. The van der Waals surface area contributed by atoms with E-state index >= 15 is 0 Å². The van der Waals surface area contributed by atoms with Crippen molar-refractivity contribution in [3.63, 3.8) is 0 Å². The number of hydrogen-bond acceptors (Lipinski definition) is 8. The molecule has 0 saturated carbocycles. The molecule has 2 aromatic rings. The van der Waals surface area contributed by atoms with Crippen LogP contribution in [-0.4, -0.2) is 48.5 Å². The average molecular weight is 478 g/mol. The molecule has 12 heteroatoms. The Labute approximate surface area is 170 Å². The van der Waals surface area contributed by atoms with Crippen molar-refractivity contribution in [1.29, 1.82) is 0 Å². The Kier molecular flexibility index (Phi) is 8.48. The Balaban J connectivity index is 1.96. The van der Waals surface area contributed by atoms with Gasteiger partial charge in [0, 0.05) is 19.5 Å². The zero-order valence-corrected chi connectivity index (χ0v) is 17.3. The molecule has 9 nitrogen and oxygen atoms in total. The van der Waals surface area contributed by atoms with Crippen LogP contribution in [0.4, 0.5) is 4.39 Å². The van der Waals surface area contributed by atoms with E-state index in [4.69, 9.17) is 10.4 Å². The molecule has 0 amide bonds. The molecular weight excluding hydrogens is 457 g/mol. The van der Waals surface area contributed by atoms with Crippen molar-refractivity contribution < 1.29 is 22.6 Å². The van der Waals surface area contributed by atoms with E-state index < -0.39 is 15.8 Å². The normalized spacial score (nSPS) is 12.5. The zero-order chi connectivity index (χ0) is 20.6. The Morgan fingerprint density at radius 1 is 1.36 bits per heavy atom. The van der Waals surface area contributed by atoms with Crippen LogP contribution in [0.2, 0.25) is 0 Å². The molecular formula is C16H21BrFN5O4S. The summed E-state index contributed by atoms with van der Waals surface area (Å²) >= 11 is 3.11.